The molecule has 0 bridgehead atoms. The number of nitrogens with zero attached hydrogens (tertiary/aromatic N) is 2. The van der Waals surface area contributed by atoms with Crippen LogP contribution in [0.25, 0.3) is 0 Å². The van der Waals surface area contributed by atoms with E-state index in [9.17, 15) is 4.79 Å². The molecule has 3 aromatic rings. The first-order valence-electron chi connectivity index (χ1n) is 8.11. The van der Waals surface area contributed by atoms with Crippen LogP contribution in [-0.2, 0) is 6.42 Å². The summed E-state index contributed by atoms with van der Waals surface area (Å²) < 4.78 is 5.69. The molecule has 3 rings (SSSR count). The lowest BCUT2D eigenvalue weighted by molar-refractivity contribution is 0.102. The Hall–Kier alpha value is -3.21. The van der Waals surface area contributed by atoms with Crippen molar-refractivity contribution in [2.24, 2.45) is 0 Å². The molecule has 0 aliphatic heterocycles. The Balaban J connectivity index is 1.65. The maximum atomic E-state index is 12.3. The van der Waals surface area contributed by atoms with Crippen molar-refractivity contribution in [3.63, 3.8) is 0 Å². The summed E-state index contributed by atoms with van der Waals surface area (Å²) in [5, 5.41) is 2.83. The Kier molecular flexibility index (Phi) is 5.04. The van der Waals surface area contributed by atoms with E-state index in [0.717, 1.165) is 12.1 Å². The minimum atomic E-state index is -0.166. The zero-order valence-electron chi connectivity index (χ0n) is 14.2. The summed E-state index contributed by atoms with van der Waals surface area (Å²) in [6.07, 6.45) is 4.23. The number of pyridine rings is 2. The largest absolute Gasteiger partial charge is 0.437 e. The van der Waals surface area contributed by atoms with Gasteiger partial charge in [-0.15, -0.1) is 0 Å². The molecule has 25 heavy (non-hydrogen) atoms. The van der Waals surface area contributed by atoms with Crippen molar-refractivity contribution in [1.82, 2.24) is 9.97 Å². The molecule has 0 spiro atoms. The summed E-state index contributed by atoms with van der Waals surface area (Å²) in [4.78, 5) is 20.6. The summed E-state index contributed by atoms with van der Waals surface area (Å²) in [5.41, 5.74) is 3.21. The quantitative estimate of drug-likeness (QED) is 0.752. The number of rotatable bonds is 5. The molecule has 5 nitrogen and oxygen atoms in total. The van der Waals surface area contributed by atoms with Gasteiger partial charge in [-0.05, 0) is 49.2 Å². The molecule has 0 fully saturated rings. The summed E-state index contributed by atoms with van der Waals surface area (Å²) in [6, 6.07) is 14.7. The van der Waals surface area contributed by atoms with Gasteiger partial charge in [-0.3, -0.25) is 9.78 Å². The van der Waals surface area contributed by atoms with E-state index in [1.807, 2.05) is 37.3 Å². The number of anilines is 1. The first-order chi connectivity index (χ1) is 12.2. The Morgan fingerprint density at radius 3 is 2.52 bits per heavy atom. The fraction of sp³-hybridized carbons (Fsp3) is 0.150. The average molecular weight is 333 g/mol. The van der Waals surface area contributed by atoms with Crippen LogP contribution in [0, 0.1) is 6.92 Å². The van der Waals surface area contributed by atoms with Crippen LogP contribution in [-0.4, -0.2) is 15.9 Å². The van der Waals surface area contributed by atoms with Crippen LogP contribution in [0.3, 0.4) is 0 Å². The van der Waals surface area contributed by atoms with Crippen molar-refractivity contribution in [2.75, 3.05) is 5.32 Å². The van der Waals surface area contributed by atoms with Gasteiger partial charge in [-0.25, -0.2) is 4.98 Å². The van der Waals surface area contributed by atoms with Crippen molar-refractivity contribution in [1.29, 1.82) is 0 Å². The highest BCUT2D eigenvalue weighted by atomic mass is 16.5. The average Bonchev–Trinajstić information content (AvgIpc) is 2.65. The number of benzene rings is 1. The molecule has 0 saturated carbocycles. The summed E-state index contributed by atoms with van der Waals surface area (Å²) in [7, 11) is 0. The van der Waals surface area contributed by atoms with Crippen molar-refractivity contribution >= 4 is 11.6 Å². The molecule has 2 heterocycles. The van der Waals surface area contributed by atoms with Crippen molar-refractivity contribution in [3.8, 4) is 11.6 Å². The van der Waals surface area contributed by atoms with Crippen LogP contribution in [0.4, 0.5) is 5.69 Å². The maximum absolute atomic E-state index is 12.3. The highest BCUT2D eigenvalue weighted by Crippen LogP contribution is 2.22. The van der Waals surface area contributed by atoms with Gasteiger partial charge in [-0.2, -0.15) is 0 Å². The van der Waals surface area contributed by atoms with E-state index in [-0.39, 0.29) is 5.91 Å². The van der Waals surface area contributed by atoms with Crippen LogP contribution in [0.1, 0.15) is 28.5 Å². The fourth-order valence-electron chi connectivity index (χ4n) is 2.30. The normalized spacial score (nSPS) is 10.3. The molecular weight excluding hydrogens is 314 g/mol. The van der Waals surface area contributed by atoms with Crippen LogP contribution < -0.4 is 10.1 Å². The van der Waals surface area contributed by atoms with Gasteiger partial charge < -0.3 is 10.1 Å². The third-order valence-electron chi connectivity index (χ3n) is 3.79. The molecule has 2 aromatic heterocycles. The number of carbonyl (C=O) groups excluding carboxylic acids is 1. The molecular formula is C20H19N3O2. The number of nitrogens with one attached hydrogen (secondary N) is 1. The Labute approximate surface area is 146 Å². The third-order valence-corrected chi connectivity index (χ3v) is 3.79. The Bertz CT molecular complexity index is 859. The smallest absolute Gasteiger partial charge is 0.255 e. The molecule has 1 amide bonds. The molecule has 0 aliphatic rings. The molecule has 0 aliphatic carbocycles. The zero-order chi connectivity index (χ0) is 17.6. The number of amides is 1. The number of aromatic nitrogens is 2. The second kappa shape index (κ2) is 7.57. The van der Waals surface area contributed by atoms with Gasteiger partial charge in [0.1, 0.15) is 0 Å². The first kappa shape index (κ1) is 16.6. The van der Waals surface area contributed by atoms with Gasteiger partial charge in [0.15, 0.2) is 5.75 Å². The van der Waals surface area contributed by atoms with E-state index in [1.54, 1.807) is 30.6 Å². The minimum Gasteiger partial charge on any atom is -0.437 e. The monoisotopic (exact) mass is 333 g/mol. The zero-order valence-corrected chi connectivity index (χ0v) is 14.2. The molecule has 1 N–H and O–H groups in total. The summed E-state index contributed by atoms with van der Waals surface area (Å²) in [6.45, 7) is 3.95. The van der Waals surface area contributed by atoms with Crippen molar-refractivity contribution in [3.05, 3.63) is 77.7 Å². The molecule has 0 radical (unpaired) electrons. The Morgan fingerprint density at radius 1 is 1.08 bits per heavy atom. The van der Waals surface area contributed by atoms with Crippen LogP contribution in [0.15, 0.2) is 60.9 Å². The SMILES string of the molecule is CCc1ccc(C(=O)Nc2ccc(Oc3cccnc3C)nc2)cc1. The van der Waals surface area contributed by atoms with Crippen molar-refractivity contribution in [2.45, 2.75) is 20.3 Å². The van der Waals surface area contributed by atoms with Crippen molar-refractivity contribution < 1.29 is 9.53 Å². The van der Waals surface area contributed by atoms with Gasteiger partial charge in [0.25, 0.3) is 5.91 Å². The first-order valence-corrected chi connectivity index (χ1v) is 8.11. The second-order valence-electron chi connectivity index (χ2n) is 5.58. The van der Waals surface area contributed by atoms with E-state index in [1.165, 1.54) is 5.56 Å². The number of aryl methyl sites for hydroxylation is 2. The third kappa shape index (κ3) is 4.20. The predicted molar refractivity (Wildman–Crippen MR) is 97.1 cm³/mol. The number of hydrogen-bond donors (Lipinski definition) is 1. The lowest BCUT2D eigenvalue weighted by atomic mass is 10.1. The van der Waals surface area contributed by atoms with Gasteiger partial charge in [0.2, 0.25) is 5.88 Å². The summed E-state index contributed by atoms with van der Waals surface area (Å²) in [5.74, 6) is 0.936. The predicted octanol–water partition coefficient (Wildman–Crippen LogP) is 4.39. The van der Waals surface area contributed by atoms with Gasteiger partial charge >= 0.3 is 0 Å². The number of ether oxygens (including phenoxy) is 1. The molecule has 0 saturated heterocycles. The fourth-order valence-corrected chi connectivity index (χ4v) is 2.30. The number of hydrogen-bond acceptors (Lipinski definition) is 4. The molecule has 5 heteroatoms. The van der Waals surface area contributed by atoms with Crippen LogP contribution in [0.5, 0.6) is 11.6 Å². The summed E-state index contributed by atoms with van der Waals surface area (Å²) >= 11 is 0. The van der Waals surface area contributed by atoms with Gasteiger partial charge in [0.05, 0.1) is 17.6 Å². The molecule has 0 atom stereocenters. The second-order valence-corrected chi connectivity index (χ2v) is 5.58. The standard InChI is InChI=1S/C20H19N3O2/c1-3-15-6-8-16(9-7-15)20(24)23-17-10-11-19(22-13-17)25-18-5-4-12-21-14(18)2/h4-13H,3H2,1-2H3,(H,23,24). The number of carbonyl (C=O) groups is 1. The highest BCUT2D eigenvalue weighted by Gasteiger charge is 2.07. The van der Waals surface area contributed by atoms with E-state index >= 15 is 0 Å². The maximum Gasteiger partial charge on any atom is 0.255 e. The Morgan fingerprint density at radius 2 is 1.88 bits per heavy atom. The van der Waals surface area contributed by atoms with Crippen LogP contribution >= 0.6 is 0 Å². The van der Waals surface area contributed by atoms with E-state index in [0.29, 0.717) is 22.9 Å². The van der Waals surface area contributed by atoms with Crippen LogP contribution in [0.2, 0.25) is 0 Å². The molecule has 1 aromatic carbocycles. The topological polar surface area (TPSA) is 64.1 Å². The minimum absolute atomic E-state index is 0.166. The lowest BCUT2D eigenvalue weighted by Gasteiger charge is -2.08. The van der Waals surface area contributed by atoms with E-state index in [4.69, 9.17) is 4.74 Å². The van der Waals surface area contributed by atoms with Gasteiger partial charge in [-0.1, -0.05) is 19.1 Å². The highest BCUT2D eigenvalue weighted by molar-refractivity contribution is 6.04. The van der Waals surface area contributed by atoms with E-state index < -0.39 is 0 Å². The van der Waals surface area contributed by atoms with E-state index in [2.05, 4.69) is 22.2 Å². The van der Waals surface area contributed by atoms with Gasteiger partial charge in [0, 0.05) is 17.8 Å². The lowest BCUT2D eigenvalue weighted by Crippen LogP contribution is -2.12. The molecule has 0 unspecified atom stereocenters. The molecule has 126 valence electrons.